The smallest absolute Gasteiger partial charge is 0.303 e. The predicted molar refractivity (Wildman–Crippen MR) is 81.9 cm³/mol. The first-order chi connectivity index (χ1) is 9.56. The van der Waals surface area contributed by atoms with E-state index in [0.717, 1.165) is 5.56 Å². The largest absolute Gasteiger partial charge is 0.481 e. The third kappa shape index (κ3) is 3.70. The van der Waals surface area contributed by atoms with Crippen molar-refractivity contribution in [1.29, 1.82) is 0 Å². The molecule has 0 aliphatic heterocycles. The predicted octanol–water partition coefficient (Wildman–Crippen LogP) is 4.49. The topological polar surface area (TPSA) is 37.3 Å². The summed E-state index contributed by atoms with van der Waals surface area (Å²) < 4.78 is 0. The molecule has 0 fully saturated rings. The fourth-order valence-electron chi connectivity index (χ4n) is 2.19. The zero-order valence-corrected chi connectivity index (χ0v) is 12.0. The molecule has 0 radical (unpaired) electrons. The Labute approximate surface area is 120 Å². The summed E-state index contributed by atoms with van der Waals surface area (Å²) in [6, 6.07) is 16.7. The van der Waals surface area contributed by atoms with Crippen LogP contribution in [0.4, 0.5) is 0 Å². The molecule has 104 valence electrons. The van der Waals surface area contributed by atoms with E-state index in [1.165, 1.54) is 16.7 Å². The van der Waals surface area contributed by atoms with Gasteiger partial charge in [0.05, 0.1) is 0 Å². The summed E-state index contributed by atoms with van der Waals surface area (Å²) in [5.74, 6) is -0.233. The minimum Gasteiger partial charge on any atom is -0.481 e. The van der Waals surface area contributed by atoms with Crippen molar-refractivity contribution < 1.29 is 9.90 Å². The van der Waals surface area contributed by atoms with Crippen LogP contribution in [0.15, 0.2) is 48.5 Å². The molecule has 2 heteroatoms. The van der Waals surface area contributed by atoms with Crippen molar-refractivity contribution in [3.8, 4) is 11.1 Å². The summed E-state index contributed by atoms with van der Waals surface area (Å²) in [6.07, 6.45) is 0.768. The Balaban J connectivity index is 2.17. The molecule has 0 bridgehead atoms. The van der Waals surface area contributed by atoms with Crippen LogP contribution in [0, 0.1) is 0 Å². The molecule has 2 aromatic carbocycles. The molecule has 0 spiro atoms. The SMILES string of the molecule is CC(C)c1cccc(-c2ccc(CCC(=O)O)cc2)c1. The quantitative estimate of drug-likeness (QED) is 0.867. The van der Waals surface area contributed by atoms with Crippen molar-refractivity contribution in [3.63, 3.8) is 0 Å². The number of aliphatic carboxylic acids is 1. The van der Waals surface area contributed by atoms with Gasteiger partial charge >= 0.3 is 5.97 Å². The van der Waals surface area contributed by atoms with E-state index in [1.54, 1.807) is 0 Å². The first-order valence-corrected chi connectivity index (χ1v) is 6.97. The van der Waals surface area contributed by atoms with E-state index in [-0.39, 0.29) is 6.42 Å². The molecular formula is C18H20O2. The summed E-state index contributed by atoms with van der Waals surface area (Å²) in [4.78, 5) is 10.6. The van der Waals surface area contributed by atoms with E-state index >= 15 is 0 Å². The molecule has 0 saturated carbocycles. The van der Waals surface area contributed by atoms with Crippen molar-refractivity contribution in [2.24, 2.45) is 0 Å². The van der Waals surface area contributed by atoms with E-state index in [0.29, 0.717) is 12.3 Å². The highest BCUT2D eigenvalue weighted by Crippen LogP contribution is 2.24. The Morgan fingerprint density at radius 1 is 1.05 bits per heavy atom. The number of carboxylic acids is 1. The second-order valence-corrected chi connectivity index (χ2v) is 5.37. The standard InChI is InChI=1S/C18H20O2/c1-13(2)16-4-3-5-17(12-16)15-9-6-14(7-10-15)8-11-18(19)20/h3-7,9-10,12-13H,8,11H2,1-2H3,(H,19,20). The van der Waals surface area contributed by atoms with Gasteiger partial charge in [-0.1, -0.05) is 62.4 Å². The van der Waals surface area contributed by atoms with Gasteiger partial charge in [0.2, 0.25) is 0 Å². The third-order valence-corrected chi connectivity index (χ3v) is 3.47. The van der Waals surface area contributed by atoms with Gasteiger partial charge in [-0.05, 0) is 34.6 Å². The summed E-state index contributed by atoms with van der Waals surface area (Å²) in [6.45, 7) is 4.38. The number of hydrogen-bond acceptors (Lipinski definition) is 1. The summed E-state index contributed by atoms with van der Waals surface area (Å²) in [7, 11) is 0. The number of carbonyl (C=O) groups is 1. The molecule has 0 unspecified atom stereocenters. The van der Waals surface area contributed by atoms with E-state index < -0.39 is 5.97 Å². The second kappa shape index (κ2) is 6.38. The number of carboxylic acid groups (broad SMARTS) is 1. The summed E-state index contributed by atoms with van der Waals surface area (Å²) in [5, 5.41) is 8.69. The minimum absolute atomic E-state index is 0.183. The first-order valence-electron chi connectivity index (χ1n) is 6.97. The lowest BCUT2D eigenvalue weighted by Gasteiger charge is -2.09. The van der Waals surface area contributed by atoms with Gasteiger partial charge in [0.25, 0.3) is 0 Å². The lowest BCUT2D eigenvalue weighted by Crippen LogP contribution is -1.97. The number of benzene rings is 2. The van der Waals surface area contributed by atoms with Crippen LogP contribution < -0.4 is 0 Å². The number of rotatable bonds is 5. The minimum atomic E-state index is -0.751. The average molecular weight is 268 g/mol. The van der Waals surface area contributed by atoms with E-state index in [1.807, 2.05) is 12.1 Å². The van der Waals surface area contributed by atoms with Crippen molar-refractivity contribution >= 4 is 5.97 Å². The summed E-state index contributed by atoms with van der Waals surface area (Å²) in [5.41, 5.74) is 4.78. The van der Waals surface area contributed by atoms with Gasteiger partial charge < -0.3 is 5.11 Å². The van der Waals surface area contributed by atoms with Gasteiger partial charge in [0, 0.05) is 6.42 Å². The lowest BCUT2D eigenvalue weighted by atomic mass is 9.96. The Kier molecular flexibility index (Phi) is 4.57. The maximum absolute atomic E-state index is 10.6. The number of hydrogen-bond donors (Lipinski definition) is 1. The Morgan fingerprint density at radius 3 is 2.35 bits per heavy atom. The highest BCUT2D eigenvalue weighted by molar-refractivity contribution is 5.67. The van der Waals surface area contributed by atoms with Crippen LogP contribution in [0.2, 0.25) is 0 Å². The monoisotopic (exact) mass is 268 g/mol. The maximum Gasteiger partial charge on any atom is 0.303 e. The molecule has 2 rings (SSSR count). The Hall–Kier alpha value is -2.09. The Morgan fingerprint density at radius 2 is 1.75 bits per heavy atom. The molecular weight excluding hydrogens is 248 g/mol. The third-order valence-electron chi connectivity index (χ3n) is 3.47. The molecule has 0 amide bonds. The fraction of sp³-hybridized carbons (Fsp3) is 0.278. The lowest BCUT2D eigenvalue weighted by molar-refractivity contribution is -0.136. The second-order valence-electron chi connectivity index (χ2n) is 5.37. The van der Waals surface area contributed by atoms with Crippen LogP contribution in [0.25, 0.3) is 11.1 Å². The van der Waals surface area contributed by atoms with Gasteiger partial charge in [-0.3, -0.25) is 4.79 Å². The van der Waals surface area contributed by atoms with Crippen LogP contribution in [0.3, 0.4) is 0 Å². The van der Waals surface area contributed by atoms with E-state index in [9.17, 15) is 4.79 Å². The van der Waals surface area contributed by atoms with Crippen molar-refractivity contribution in [2.75, 3.05) is 0 Å². The number of aryl methyl sites for hydroxylation is 1. The van der Waals surface area contributed by atoms with Gasteiger partial charge in [-0.2, -0.15) is 0 Å². The van der Waals surface area contributed by atoms with E-state index in [4.69, 9.17) is 5.11 Å². The van der Waals surface area contributed by atoms with Crippen LogP contribution in [-0.4, -0.2) is 11.1 Å². The van der Waals surface area contributed by atoms with Gasteiger partial charge in [-0.25, -0.2) is 0 Å². The fourth-order valence-corrected chi connectivity index (χ4v) is 2.19. The molecule has 0 atom stereocenters. The molecule has 1 N–H and O–H groups in total. The highest BCUT2D eigenvalue weighted by atomic mass is 16.4. The van der Waals surface area contributed by atoms with Gasteiger partial charge in [0.1, 0.15) is 0 Å². The van der Waals surface area contributed by atoms with Crippen LogP contribution >= 0.6 is 0 Å². The summed E-state index contributed by atoms with van der Waals surface area (Å²) >= 11 is 0. The maximum atomic E-state index is 10.6. The zero-order valence-electron chi connectivity index (χ0n) is 12.0. The molecule has 20 heavy (non-hydrogen) atoms. The van der Waals surface area contributed by atoms with E-state index in [2.05, 4.69) is 50.2 Å². The van der Waals surface area contributed by atoms with Gasteiger partial charge in [-0.15, -0.1) is 0 Å². The average Bonchev–Trinajstić information content (AvgIpc) is 2.46. The molecule has 2 aromatic rings. The van der Waals surface area contributed by atoms with Crippen molar-refractivity contribution in [3.05, 3.63) is 59.7 Å². The molecule has 2 nitrogen and oxygen atoms in total. The Bertz CT molecular complexity index is 583. The van der Waals surface area contributed by atoms with Crippen LogP contribution in [0.1, 0.15) is 37.3 Å². The van der Waals surface area contributed by atoms with Crippen molar-refractivity contribution in [2.45, 2.75) is 32.6 Å². The first kappa shape index (κ1) is 14.3. The van der Waals surface area contributed by atoms with Crippen LogP contribution in [0.5, 0.6) is 0 Å². The molecule has 0 aliphatic carbocycles. The molecule has 0 aromatic heterocycles. The van der Waals surface area contributed by atoms with Gasteiger partial charge in [0.15, 0.2) is 0 Å². The molecule has 0 heterocycles. The molecule has 0 saturated heterocycles. The van der Waals surface area contributed by atoms with Crippen molar-refractivity contribution in [1.82, 2.24) is 0 Å². The highest BCUT2D eigenvalue weighted by Gasteiger charge is 2.03. The molecule has 0 aliphatic rings. The van der Waals surface area contributed by atoms with Crippen LogP contribution in [-0.2, 0) is 11.2 Å². The normalized spacial score (nSPS) is 10.8. The zero-order chi connectivity index (χ0) is 14.5.